The lowest BCUT2D eigenvalue weighted by molar-refractivity contribution is 0.105. The number of aliphatic hydroxyl groups is 1. The van der Waals surface area contributed by atoms with E-state index in [1.54, 1.807) is 7.11 Å². The molecule has 0 saturated carbocycles. The van der Waals surface area contributed by atoms with Crippen LogP contribution in [0.25, 0.3) is 10.8 Å². The first-order valence-electron chi connectivity index (χ1n) is 6.96. The van der Waals surface area contributed by atoms with Crippen LogP contribution in [0.1, 0.15) is 38.4 Å². The van der Waals surface area contributed by atoms with Crippen molar-refractivity contribution in [3.8, 4) is 5.75 Å². The Morgan fingerprint density at radius 2 is 1.63 bits per heavy atom. The maximum atomic E-state index is 10.6. The third kappa shape index (κ3) is 2.59. The zero-order chi connectivity index (χ0) is 13.8. The van der Waals surface area contributed by atoms with E-state index in [1.165, 1.54) is 0 Å². The fourth-order valence-electron chi connectivity index (χ4n) is 2.72. The van der Waals surface area contributed by atoms with E-state index in [4.69, 9.17) is 4.74 Å². The second-order valence-corrected chi connectivity index (χ2v) is 4.92. The highest BCUT2D eigenvalue weighted by molar-refractivity contribution is 5.91. The van der Waals surface area contributed by atoms with Crippen LogP contribution in [-0.4, -0.2) is 12.2 Å². The van der Waals surface area contributed by atoms with E-state index in [9.17, 15) is 5.11 Å². The van der Waals surface area contributed by atoms with Gasteiger partial charge in [-0.15, -0.1) is 0 Å². The first-order valence-corrected chi connectivity index (χ1v) is 6.96. The minimum atomic E-state index is -0.411. The van der Waals surface area contributed by atoms with Gasteiger partial charge in [-0.25, -0.2) is 0 Å². The highest BCUT2D eigenvalue weighted by Crippen LogP contribution is 2.35. The molecule has 0 aliphatic rings. The molecule has 102 valence electrons. The molecule has 2 nitrogen and oxygen atoms in total. The van der Waals surface area contributed by atoms with Crippen molar-refractivity contribution in [2.45, 2.75) is 32.8 Å². The van der Waals surface area contributed by atoms with Gasteiger partial charge in [-0.1, -0.05) is 57.0 Å². The third-order valence-electron chi connectivity index (χ3n) is 3.95. The normalized spacial score (nSPS) is 12.9. The number of benzene rings is 2. The predicted octanol–water partition coefficient (Wildman–Crippen LogP) is 4.32. The molecular formula is C17H22O2. The summed E-state index contributed by atoms with van der Waals surface area (Å²) in [6, 6.07) is 12.0. The van der Waals surface area contributed by atoms with Crippen molar-refractivity contribution in [2.24, 2.45) is 5.92 Å². The van der Waals surface area contributed by atoms with Crippen LogP contribution >= 0.6 is 0 Å². The lowest BCUT2D eigenvalue weighted by Crippen LogP contribution is -2.11. The Balaban J connectivity index is 2.55. The molecule has 1 unspecified atom stereocenters. The average Bonchev–Trinajstić information content (AvgIpc) is 2.47. The number of aliphatic hydroxyl groups excluding tert-OH is 1. The summed E-state index contributed by atoms with van der Waals surface area (Å²) in [6.45, 7) is 4.26. The van der Waals surface area contributed by atoms with E-state index in [0.29, 0.717) is 5.92 Å². The molecule has 0 bridgehead atoms. The van der Waals surface area contributed by atoms with E-state index < -0.39 is 6.10 Å². The van der Waals surface area contributed by atoms with Gasteiger partial charge in [0.1, 0.15) is 5.75 Å². The van der Waals surface area contributed by atoms with Gasteiger partial charge in [-0.2, -0.15) is 0 Å². The molecule has 0 fully saturated rings. The second-order valence-electron chi connectivity index (χ2n) is 4.92. The van der Waals surface area contributed by atoms with Crippen molar-refractivity contribution >= 4 is 10.8 Å². The number of fused-ring (bicyclic) bond motifs is 1. The number of methoxy groups -OCH3 is 1. The first kappa shape index (κ1) is 13.9. The largest absolute Gasteiger partial charge is 0.496 e. The molecule has 2 aromatic carbocycles. The Labute approximate surface area is 115 Å². The topological polar surface area (TPSA) is 29.5 Å². The lowest BCUT2D eigenvalue weighted by Gasteiger charge is -2.22. The van der Waals surface area contributed by atoms with Crippen molar-refractivity contribution in [1.29, 1.82) is 0 Å². The first-order chi connectivity index (χ1) is 9.22. The van der Waals surface area contributed by atoms with Gasteiger partial charge in [0.25, 0.3) is 0 Å². The van der Waals surface area contributed by atoms with Crippen LogP contribution in [-0.2, 0) is 0 Å². The third-order valence-corrected chi connectivity index (χ3v) is 3.95. The van der Waals surface area contributed by atoms with Crippen LogP contribution in [0, 0.1) is 5.92 Å². The molecule has 0 saturated heterocycles. The van der Waals surface area contributed by atoms with Gasteiger partial charge in [-0.3, -0.25) is 0 Å². The Morgan fingerprint density at radius 3 is 2.21 bits per heavy atom. The van der Waals surface area contributed by atoms with E-state index in [2.05, 4.69) is 19.9 Å². The van der Waals surface area contributed by atoms with E-state index in [0.717, 1.165) is 34.9 Å². The van der Waals surface area contributed by atoms with Crippen molar-refractivity contribution in [1.82, 2.24) is 0 Å². The number of ether oxygens (including phenoxy) is 1. The van der Waals surface area contributed by atoms with E-state index in [1.807, 2.05) is 30.3 Å². The monoisotopic (exact) mass is 258 g/mol. The number of hydrogen-bond acceptors (Lipinski definition) is 2. The zero-order valence-electron chi connectivity index (χ0n) is 11.9. The maximum Gasteiger partial charge on any atom is 0.126 e. The van der Waals surface area contributed by atoms with Crippen LogP contribution in [0.5, 0.6) is 5.75 Å². The van der Waals surface area contributed by atoms with Gasteiger partial charge < -0.3 is 9.84 Å². The molecule has 0 aromatic heterocycles. The van der Waals surface area contributed by atoms with Gasteiger partial charge in [0.05, 0.1) is 13.2 Å². The molecule has 0 aliphatic carbocycles. The lowest BCUT2D eigenvalue weighted by atomic mass is 9.88. The summed E-state index contributed by atoms with van der Waals surface area (Å²) in [5, 5.41) is 12.7. The molecule has 2 aromatic rings. The summed E-state index contributed by atoms with van der Waals surface area (Å²) in [7, 11) is 1.68. The van der Waals surface area contributed by atoms with Crippen molar-refractivity contribution in [3.05, 3.63) is 42.0 Å². The summed E-state index contributed by atoms with van der Waals surface area (Å²) in [6.07, 6.45) is 1.56. The summed E-state index contributed by atoms with van der Waals surface area (Å²) in [5.74, 6) is 1.16. The molecule has 1 N–H and O–H groups in total. The van der Waals surface area contributed by atoms with Gasteiger partial charge >= 0.3 is 0 Å². The van der Waals surface area contributed by atoms with Crippen molar-refractivity contribution in [3.63, 3.8) is 0 Å². The molecule has 0 spiro atoms. The van der Waals surface area contributed by atoms with Gasteiger partial charge in [-0.05, 0) is 22.9 Å². The summed E-state index contributed by atoms with van der Waals surface area (Å²) >= 11 is 0. The van der Waals surface area contributed by atoms with Crippen LogP contribution in [0.4, 0.5) is 0 Å². The summed E-state index contributed by atoms with van der Waals surface area (Å²) in [5.41, 5.74) is 1.00. The quantitative estimate of drug-likeness (QED) is 0.865. The SMILES string of the molecule is CCC(CC)C(O)c1ccc(OC)c2ccccc12. The standard InChI is InChI=1S/C17H22O2/c1-4-12(5-2)17(18)15-10-11-16(19-3)14-9-7-6-8-13(14)15/h6-12,17-18H,4-5H2,1-3H3. The molecule has 2 rings (SSSR count). The van der Waals surface area contributed by atoms with Gasteiger partial charge in [0, 0.05) is 5.39 Å². The Kier molecular flexibility index (Phi) is 4.43. The Hall–Kier alpha value is -1.54. The molecule has 0 radical (unpaired) electrons. The fraction of sp³-hybridized carbons (Fsp3) is 0.412. The molecular weight excluding hydrogens is 236 g/mol. The summed E-state index contributed by atoms with van der Waals surface area (Å²) in [4.78, 5) is 0. The minimum absolute atomic E-state index is 0.303. The van der Waals surface area contributed by atoms with Crippen LogP contribution in [0.15, 0.2) is 36.4 Å². The highest BCUT2D eigenvalue weighted by Gasteiger charge is 2.20. The smallest absolute Gasteiger partial charge is 0.126 e. The molecule has 0 heterocycles. The van der Waals surface area contributed by atoms with Crippen molar-refractivity contribution < 1.29 is 9.84 Å². The fourth-order valence-corrected chi connectivity index (χ4v) is 2.72. The van der Waals surface area contributed by atoms with Crippen molar-refractivity contribution in [2.75, 3.05) is 7.11 Å². The summed E-state index contributed by atoms with van der Waals surface area (Å²) < 4.78 is 5.39. The van der Waals surface area contributed by atoms with Gasteiger partial charge in [0.2, 0.25) is 0 Å². The van der Waals surface area contributed by atoms with E-state index in [-0.39, 0.29) is 0 Å². The predicted molar refractivity (Wildman–Crippen MR) is 79.5 cm³/mol. The number of hydrogen-bond donors (Lipinski definition) is 1. The van der Waals surface area contributed by atoms with Crippen LogP contribution < -0.4 is 4.74 Å². The average molecular weight is 258 g/mol. The second kappa shape index (κ2) is 6.07. The molecule has 2 heteroatoms. The highest BCUT2D eigenvalue weighted by atomic mass is 16.5. The van der Waals surface area contributed by atoms with Gasteiger partial charge in [0.15, 0.2) is 0 Å². The minimum Gasteiger partial charge on any atom is -0.496 e. The molecule has 0 amide bonds. The Bertz CT molecular complexity index is 544. The molecule has 1 atom stereocenters. The maximum absolute atomic E-state index is 10.6. The molecule has 0 aliphatic heterocycles. The van der Waals surface area contributed by atoms with Crippen LogP contribution in [0.2, 0.25) is 0 Å². The molecule has 19 heavy (non-hydrogen) atoms. The Morgan fingerprint density at radius 1 is 1.00 bits per heavy atom. The van der Waals surface area contributed by atoms with Crippen LogP contribution in [0.3, 0.4) is 0 Å². The number of rotatable bonds is 5. The zero-order valence-corrected chi connectivity index (χ0v) is 11.9. The van der Waals surface area contributed by atoms with E-state index >= 15 is 0 Å².